The predicted molar refractivity (Wildman–Crippen MR) is 125 cm³/mol. The normalized spacial score (nSPS) is 13.1. The van der Waals surface area contributed by atoms with Crippen LogP contribution in [0.25, 0.3) is 33.2 Å². The highest BCUT2D eigenvalue weighted by Gasteiger charge is 2.17. The van der Waals surface area contributed by atoms with Gasteiger partial charge in [0.2, 0.25) is 5.88 Å². The first-order valence-electron chi connectivity index (χ1n) is 10.2. The molecule has 4 aromatic rings. The van der Waals surface area contributed by atoms with Crippen molar-refractivity contribution in [2.45, 2.75) is 6.92 Å². The van der Waals surface area contributed by atoms with Crippen molar-refractivity contribution in [1.82, 2.24) is 9.97 Å². The maximum atomic E-state index is 6.34. The number of nitrogens with two attached hydrogens (primary N) is 1. The lowest BCUT2D eigenvalue weighted by atomic mass is 10.00. The smallest absolute Gasteiger partial charge is 0.215 e. The Bertz CT molecular complexity index is 1300. The second-order valence-corrected chi connectivity index (χ2v) is 7.83. The molecular formula is C25H24N4O2. The van der Waals surface area contributed by atoms with Crippen molar-refractivity contribution >= 4 is 22.4 Å². The topological polar surface area (TPSA) is 73.5 Å². The number of likely N-dealkylation sites (N-methyl/N-ethyl adjacent to an activating group) is 1. The van der Waals surface area contributed by atoms with E-state index >= 15 is 0 Å². The van der Waals surface area contributed by atoms with Gasteiger partial charge in [0.25, 0.3) is 0 Å². The van der Waals surface area contributed by atoms with Gasteiger partial charge in [-0.05, 0) is 54.4 Å². The molecule has 31 heavy (non-hydrogen) atoms. The van der Waals surface area contributed by atoms with Gasteiger partial charge < -0.3 is 20.1 Å². The average molecular weight is 412 g/mol. The van der Waals surface area contributed by atoms with Crippen molar-refractivity contribution in [3.8, 4) is 33.9 Å². The Kier molecular flexibility index (Phi) is 4.62. The zero-order valence-corrected chi connectivity index (χ0v) is 17.8. The number of benzene rings is 2. The number of hydrogen-bond acceptors (Lipinski definition) is 6. The lowest BCUT2D eigenvalue weighted by molar-refractivity contribution is 0.311. The van der Waals surface area contributed by atoms with Crippen molar-refractivity contribution in [1.29, 1.82) is 0 Å². The van der Waals surface area contributed by atoms with E-state index in [4.69, 9.17) is 15.2 Å². The molecular weight excluding hydrogens is 388 g/mol. The van der Waals surface area contributed by atoms with Gasteiger partial charge in [-0.15, -0.1) is 0 Å². The summed E-state index contributed by atoms with van der Waals surface area (Å²) in [6.07, 6.45) is 1.83. The van der Waals surface area contributed by atoms with E-state index in [1.54, 1.807) is 7.11 Å². The molecule has 6 heteroatoms. The minimum atomic E-state index is 0.506. The van der Waals surface area contributed by atoms with Crippen LogP contribution in [-0.2, 0) is 0 Å². The van der Waals surface area contributed by atoms with Crippen LogP contribution in [-0.4, -0.2) is 37.3 Å². The number of pyridine rings is 2. The quantitative estimate of drug-likeness (QED) is 0.526. The summed E-state index contributed by atoms with van der Waals surface area (Å²) in [7, 11) is 3.71. The SMILES string of the molecule is COc1ncc(-c2ccc3nc(N)c(-c4ccc5c(c4)OCCN5C)cc3c2)cc1C. The number of aromatic nitrogens is 2. The second kappa shape index (κ2) is 7.47. The summed E-state index contributed by atoms with van der Waals surface area (Å²) in [6.45, 7) is 3.55. The molecule has 1 aliphatic rings. The Hall–Kier alpha value is -3.80. The molecule has 0 amide bonds. The van der Waals surface area contributed by atoms with E-state index in [1.807, 2.05) is 31.3 Å². The van der Waals surface area contributed by atoms with Crippen molar-refractivity contribution in [2.75, 3.05) is 37.9 Å². The molecule has 1 aliphatic heterocycles. The van der Waals surface area contributed by atoms with Crippen molar-refractivity contribution in [2.24, 2.45) is 0 Å². The lowest BCUT2D eigenvalue weighted by Crippen LogP contribution is -2.28. The van der Waals surface area contributed by atoms with Crippen molar-refractivity contribution < 1.29 is 9.47 Å². The highest BCUT2D eigenvalue weighted by molar-refractivity contribution is 5.92. The summed E-state index contributed by atoms with van der Waals surface area (Å²) in [4.78, 5) is 11.2. The fraction of sp³-hybridized carbons (Fsp3) is 0.200. The van der Waals surface area contributed by atoms with Crippen LogP contribution in [0.5, 0.6) is 11.6 Å². The van der Waals surface area contributed by atoms with Crippen LogP contribution >= 0.6 is 0 Å². The Balaban J connectivity index is 1.59. The zero-order valence-electron chi connectivity index (χ0n) is 17.8. The van der Waals surface area contributed by atoms with Crippen LogP contribution in [0.1, 0.15) is 5.56 Å². The van der Waals surface area contributed by atoms with E-state index in [2.05, 4.69) is 52.2 Å². The molecule has 0 saturated heterocycles. The van der Waals surface area contributed by atoms with E-state index in [9.17, 15) is 0 Å². The van der Waals surface area contributed by atoms with Gasteiger partial charge in [-0.2, -0.15) is 0 Å². The van der Waals surface area contributed by atoms with Crippen molar-refractivity contribution in [3.05, 3.63) is 60.3 Å². The van der Waals surface area contributed by atoms with Crippen molar-refractivity contribution in [3.63, 3.8) is 0 Å². The monoisotopic (exact) mass is 412 g/mol. The van der Waals surface area contributed by atoms with Crippen LogP contribution in [0.15, 0.2) is 54.7 Å². The van der Waals surface area contributed by atoms with Crippen LogP contribution in [0.4, 0.5) is 11.5 Å². The Morgan fingerprint density at radius 1 is 1.03 bits per heavy atom. The number of nitrogen functional groups attached to an aromatic ring is 1. The van der Waals surface area contributed by atoms with Gasteiger partial charge in [-0.25, -0.2) is 9.97 Å². The second-order valence-electron chi connectivity index (χ2n) is 7.83. The van der Waals surface area contributed by atoms with Gasteiger partial charge in [0.05, 0.1) is 24.9 Å². The molecule has 2 aromatic heterocycles. The average Bonchev–Trinajstić information content (AvgIpc) is 2.78. The molecule has 6 nitrogen and oxygen atoms in total. The lowest BCUT2D eigenvalue weighted by Gasteiger charge is -2.28. The first-order valence-corrected chi connectivity index (χ1v) is 10.2. The first kappa shape index (κ1) is 19.2. The number of nitrogens with zero attached hydrogens (tertiary/aromatic N) is 3. The number of rotatable bonds is 3. The zero-order chi connectivity index (χ0) is 21.5. The third-order valence-electron chi connectivity index (χ3n) is 5.77. The largest absolute Gasteiger partial charge is 0.490 e. The molecule has 5 rings (SSSR count). The maximum Gasteiger partial charge on any atom is 0.215 e. The third-order valence-corrected chi connectivity index (χ3v) is 5.77. The fourth-order valence-electron chi connectivity index (χ4n) is 4.06. The first-order chi connectivity index (χ1) is 15.0. The maximum absolute atomic E-state index is 6.34. The molecule has 156 valence electrons. The van der Waals surface area contributed by atoms with Crippen LogP contribution < -0.4 is 20.1 Å². The van der Waals surface area contributed by atoms with E-state index in [1.165, 1.54) is 0 Å². The summed E-state index contributed by atoms with van der Waals surface area (Å²) < 4.78 is 11.2. The van der Waals surface area contributed by atoms with Gasteiger partial charge in [0.1, 0.15) is 18.2 Å². The minimum Gasteiger partial charge on any atom is -0.490 e. The molecule has 0 radical (unpaired) electrons. The molecule has 0 spiro atoms. The van der Waals surface area contributed by atoms with E-state index in [0.717, 1.165) is 56.7 Å². The van der Waals surface area contributed by atoms with E-state index in [-0.39, 0.29) is 0 Å². The van der Waals surface area contributed by atoms with Crippen LogP contribution in [0.3, 0.4) is 0 Å². The summed E-state index contributed by atoms with van der Waals surface area (Å²) in [5.41, 5.74) is 13.3. The number of aryl methyl sites for hydroxylation is 1. The number of methoxy groups -OCH3 is 1. The standard InChI is InChI=1S/C25H24N4O2/c1-15-10-19(14-27-25(15)30-3)16-4-6-21-18(11-16)12-20(24(26)28-21)17-5-7-22-23(13-17)31-9-8-29(22)2/h4-7,10-14H,8-9H2,1-3H3,(H2,26,28). The Morgan fingerprint density at radius 3 is 2.68 bits per heavy atom. The number of anilines is 2. The highest BCUT2D eigenvalue weighted by atomic mass is 16.5. The predicted octanol–water partition coefficient (Wildman–Crippen LogP) is 4.69. The molecule has 0 bridgehead atoms. The molecule has 2 N–H and O–H groups in total. The highest BCUT2D eigenvalue weighted by Crippen LogP contribution is 2.37. The summed E-state index contributed by atoms with van der Waals surface area (Å²) in [5.74, 6) is 2.02. The summed E-state index contributed by atoms with van der Waals surface area (Å²) >= 11 is 0. The van der Waals surface area contributed by atoms with Gasteiger partial charge in [0, 0.05) is 35.3 Å². The van der Waals surface area contributed by atoms with E-state index in [0.29, 0.717) is 18.3 Å². The van der Waals surface area contributed by atoms with Gasteiger partial charge in [-0.1, -0.05) is 12.1 Å². The number of ether oxygens (including phenoxy) is 2. The fourth-order valence-corrected chi connectivity index (χ4v) is 4.06. The Labute approximate surface area is 181 Å². The van der Waals surface area contributed by atoms with Crippen LogP contribution in [0, 0.1) is 6.92 Å². The molecule has 2 aromatic carbocycles. The van der Waals surface area contributed by atoms with Gasteiger partial charge >= 0.3 is 0 Å². The molecule has 0 saturated carbocycles. The number of fused-ring (bicyclic) bond motifs is 2. The molecule has 0 aliphatic carbocycles. The Morgan fingerprint density at radius 2 is 1.87 bits per heavy atom. The number of hydrogen-bond donors (Lipinski definition) is 1. The van der Waals surface area contributed by atoms with Gasteiger partial charge in [0.15, 0.2) is 0 Å². The molecule has 0 unspecified atom stereocenters. The van der Waals surface area contributed by atoms with Gasteiger partial charge in [-0.3, -0.25) is 0 Å². The summed E-state index contributed by atoms with van der Waals surface area (Å²) in [6, 6.07) is 16.5. The molecule has 0 atom stereocenters. The molecule has 0 fully saturated rings. The van der Waals surface area contributed by atoms with E-state index < -0.39 is 0 Å². The summed E-state index contributed by atoms with van der Waals surface area (Å²) in [5, 5.41) is 1.02. The van der Waals surface area contributed by atoms with Crippen LogP contribution in [0.2, 0.25) is 0 Å². The molecule has 3 heterocycles. The minimum absolute atomic E-state index is 0.506. The third kappa shape index (κ3) is 3.40.